The third kappa shape index (κ3) is 4.86. The van der Waals surface area contributed by atoms with Gasteiger partial charge in [-0.1, -0.05) is 68.4 Å². The lowest BCUT2D eigenvalue weighted by molar-refractivity contribution is 0.0950. The summed E-state index contributed by atoms with van der Waals surface area (Å²) in [5, 5.41) is 5.74. The minimum Gasteiger partial charge on any atom is -0.352 e. The van der Waals surface area contributed by atoms with Crippen LogP contribution in [0.3, 0.4) is 0 Å². The van der Waals surface area contributed by atoms with Crippen LogP contribution >= 0.6 is 0 Å². The monoisotopic (exact) mass is 372 g/mol. The summed E-state index contributed by atoms with van der Waals surface area (Å²) in [6.45, 7) is 4.65. The van der Waals surface area contributed by atoms with Crippen molar-refractivity contribution in [2.45, 2.75) is 13.8 Å². The third-order valence-corrected chi connectivity index (χ3v) is 4.34. The molecule has 0 aliphatic heterocycles. The van der Waals surface area contributed by atoms with E-state index in [4.69, 9.17) is 0 Å². The average Bonchev–Trinajstić information content (AvgIpc) is 2.73. The van der Waals surface area contributed by atoms with Crippen LogP contribution in [0.25, 0.3) is 11.1 Å². The number of rotatable bonds is 6. The van der Waals surface area contributed by atoms with Gasteiger partial charge in [0, 0.05) is 12.1 Å². The third-order valence-electron chi connectivity index (χ3n) is 4.34. The largest absolute Gasteiger partial charge is 0.352 e. The highest BCUT2D eigenvalue weighted by molar-refractivity contribution is 6.09. The van der Waals surface area contributed by atoms with Gasteiger partial charge < -0.3 is 10.6 Å². The summed E-state index contributed by atoms with van der Waals surface area (Å²) in [7, 11) is 0. The lowest BCUT2D eigenvalue weighted by Gasteiger charge is -2.13. The zero-order valence-electron chi connectivity index (χ0n) is 16.1. The molecule has 4 nitrogen and oxygen atoms in total. The fourth-order valence-electron chi connectivity index (χ4n) is 2.82. The van der Waals surface area contributed by atoms with Crippen LogP contribution in [-0.4, -0.2) is 18.4 Å². The maximum absolute atomic E-state index is 12.7. The molecule has 3 aromatic rings. The SMILES string of the molecule is CC(C)CNC(=O)c1ccccc1NC(=O)c1ccc(-c2ccccc2)cc1. The van der Waals surface area contributed by atoms with Crippen molar-refractivity contribution < 1.29 is 9.59 Å². The van der Waals surface area contributed by atoms with Crippen molar-refractivity contribution >= 4 is 17.5 Å². The first-order valence-electron chi connectivity index (χ1n) is 9.38. The van der Waals surface area contributed by atoms with E-state index < -0.39 is 0 Å². The normalized spacial score (nSPS) is 10.5. The van der Waals surface area contributed by atoms with E-state index in [2.05, 4.69) is 10.6 Å². The molecule has 0 fully saturated rings. The van der Waals surface area contributed by atoms with Gasteiger partial charge >= 0.3 is 0 Å². The fourth-order valence-corrected chi connectivity index (χ4v) is 2.82. The Morgan fingerprint density at radius 2 is 1.36 bits per heavy atom. The molecule has 0 bridgehead atoms. The van der Waals surface area contributed by atoms with Crippen LogP contribution in [0.1, 0.15) is 34.6 Å². The maximum atomic E-state index is 12.7. The van der Waals surface area contributed by atoms with Gasteiger partial charge in [-0.2, -0.15) is 0 Å². The second-order valence-electron chi connectivity index (χ2n) is 7.05. The van der Waals surface area contributed by atoms with E-state index in [-0.39, 0.29) is 11.8 Å². The van der Waals surface area contributed by atoms with Crippen molar-refractivity contribution in [2.75, 3.05) is 11.9 Å². The average molecular weight is 372 g/mol. The second-order valence-corrected chi connectivity index (χ2v) is 7.05. The summed E-state index contributed by atoms with van der Waals surface area (Å²) >= 11 is 0. The van der Waals surface area contributed by atoms with Gasteiger partial charge in [0.15, 0.2) is 0 Å². The summed E-state index contributed by atoms with van der Waals surface area (Å²) in [4.78, 5) is 25.1. The summed E-state index contributed by atoms with van der Waals surface area (Å²) in [6.07, 6.45) is 0. The van der Waals surface area contributed by atoms with Crippen molar-refractivity contribution in [3.8, 4) is 11.1 Å². The molecule has 0 spiro atoms. The van der Waals surface area contributed by atoms with Gasteiger partial charge in [-0.05, 0) is 41.3 Å². The first-order chi connectivity index (χ1) is 13.5. The second kappa shape index (κ2) is 9.00. The Morgan fingerprint density at radius 1 is 0.750 bits per heavy atom. The molecule has 0 aromatic heterocycles. The molecule has 0 saturated heterocycles. The minimum atomic E-state index is -0.247. The van der Waals surface area contributed by atoms with E-state index in [0.29, 0.717) is 29.3 Å². The Balaban J connectivity index is 1.74. The van der Waals surface area contributed by atoms with Crippen LogP contribution in [-0.2, 0) is 0 Å². The maximum Gasteiger partial charge on any atom is 0.255 e. The van der Waals surface area contributed by atoms with Crippen molar-refractivity contribution in [1.82, 2.24) is 5.32 Å². The number of amides is 2. The van der Waals surface area contributed by atoms with Crippen LogP contribution in [0.5, 0.6) is 0 Å². The molecule has 0 heterocycles. The molecule has 28 heavy (non-hydrogen) atoms. The fraction of sp³-hybridized carbons (Fsp3) is 0.167. The summed E-state index contributed by atoms with van der Waals surface area (Å²) in [5.41, 5.74) is 3.64. The highest BCUT2D eigenvalue weighted by Crippen LogP contribution is 2.21. The predicted molar refractivity (Wildman–Crippen MR) is 113 cm³/mol. The topological polar surface area (TPSA) is 58.2 Å². The molecular formula is C24H24N2O2. The molecule has 142 valence electrons. The number of hydrogen-bond acceptors (Lipinski definition) is 2. The Bertz CT molecular complexity index is 948. The number of para-hydroxylation sites is 1. The van der Waals surface area contributed by atoms with Gasteiger partial charge in [0.25, 0.3) is 11.8 Å². The van der Waals surface area contributed by atoms with Crippen LogP contribution in [0.15, 0.2) is 78.9 Å². The molecule has 2 amide bonds. The number of carbonyl (C=O) groups is 2. The smallest absolute Gasteiger partial charge is 0.255 e. The van der Waals surface area contributed by atoms with Gasteiger partial charge in [0.2, 0.25) is 0 Å². The number of hydrogen-bond donors (Lipinski definition) is 2. The van der Waals surface area contributed by atoms with Gasteiger partial charge in [0.05, 0.1) is 11.3 Å². The van der Waals surface area contributed by atoms with Crippen molar-refractivity contribution in [2.24, 2.45) is 5.92 Å². The number of carbonyl (C=O) groups excluding carboxylic acids is 2. The van der Waals surface area contributed by atoms with E-state index in [1.807, 2.05) is 56.3 Å². The van der Waals surface area contributed by atoms with Gasteiger partial charge in [0.1, 0.15) is 0 Å². The standard InChI is InChI=1S/C24H24N2O2/c1-17(2)16-25-24(28)21-10-6-7-11-22(21)26-23(27)20-14-12-19(13-15-20)18-8-4-3-5-9-18/h3-15,17H,16H2,1-2H3,(H,25,28)(H,26,27). The quantitative estimate of drug-likeness (QED) is 0.640. The predicted octanol–water partition coefficient (Wildman–Crippen LogP) is 4.99. The molecule has 0 atom stereocenters. The molecule has 3 aromatic carbocycles. The highest BCUT2D eigenvalue weighted by Gasteiger charge is 2.14. The lowest BCUT2D eigenvalue weighted by atomic mass is 10.0. The van der Waals surface area contributed by atoms with Gasteiger partial charge in [-0.25, -0.2) is 0 Å². The first kappa shape index (κ1) is 19.4. The Kier molecular flexibility index (Phi) is 6.22. The van der Waals surface area contributed by atoms with E-state index >= 15 is 0 Å². The molecule has 3 rings (SSSR count). The van der Waals surface area contributed by atoms with Gasteiger partial charge in [-0.3, -0.25) is 9.59 Å². The van der Waals surface area contributed by atoms with Crippen LogP contribution in [0.2, 0.25) is 0 Å². The van der Waals surface area contributed by atoms with Crippen molar-refractivity contribution in [1.29, 1.82) is 0 Å². The molecule has 0 aliphatic carbocycles. The number of nitrogens with one attached hydrogen (secondary N) is 2. The molecule has 2 N–H and O–H groups in total. The lowest BCUT2D eigenvalue weighted by Crippen LogP contribution is -2.28. The zero-order valence-corrected chi connectivity index (χ0v) is 16.1. The molecule has 0 unspecified atom stereocenters. The van der Waals surface area contributed by atoms with E-state index in [1.54, 1.807) is 36.4 Å². The molecule has 4 heteroatoms. The van der Waals surface area contributed by atoms with Crippen LogP contribution < -0.4 is 10.6 Å². The van der Waals surface area contributed by atoms with Crippen molar-refractivity contribution in [3.05, 3.63) is 90.0 Å². The van der Waals surface area contributed by atoms with E-state index in [1.165, 1.54) is 0 Å². The molecule has 0 radical (unpaired) electrons. The van der Waals surface area contributed by atoms with Gasteiger partial charge in [-0.15, -0.1) is 0 Å². The molecular weight excluding hydrogens is 348 g/mol. The highest BCUT2D eigenvalue weighted by atomic mass is 16.2. The molecule has 0 aliphatic rings. The van der Waals surface area contributed by atoms with E-state index in [0.717, 1.165) is 11.1 Å². The summed E-state index contributed by atoms with van der Waals surface area (Å²) in [5.74, 6) is -0.0819. The zero-order chi connectivity index (χ0) is 19.9. The Morgan fingerprint density at radius 3 is 2.04 bits per heavy atom. The Labute approximate surface area is 165 Å². The minimum absolute atomic E-state index is 0.191. The van der Waals surface area contributed by atoms with Crippen molar-refractivity contribution in [3.63, 3.8) is 0 Å². The first-order valence-corrected chi connectivity index (χ1v) is 9.38. The summed E-state index contributed by atoms with van der Waals surface area (Å²) in [6, 6.07) is 24.5. The number of benzene rings is 3. The van der Waals surface area contributed by atoms with E-state index in [9.17, 15) is 9.59 Å². The van der Waals surface area contributed by atoms with Crippen LogP contribution in [0.4, 0.5) is 5.69 Å². The molecule has 0 saturated carbocycles. The summed E-state index contributed by atoms with van der Waals surface area (Å²) < 4.78 is 0. The van der Waals surface area contributed by atoms with Crippen LogP contribution in [0, 0.1) is 5.92 Å². The Hall–Kier alpha value is -3.40. The number of anilines is 1.